The molecule has 0 bridgehead atoms. The highest BCUT2D eigenvalue weighted by Gasteiger charge is 2.26. The van der Waals surface area contributed by atoms with Crippen LogP contribution in [0.25, 0.3) is 6.08 Å². The molecule has 0 spiro atoms. The molecule has 0 saturated heterocycles. The van der Waals surface area contributed by atoms with E-state index in [0.717, 1.165) is 23.4 Å². The number of hydrogen-bond donors (Lipinski definition) is 0. The number of carbonyl (C=O) groups excluding carboxylic acids is 1. The number of rotatable bonds is 9. The predicted octanol–water partition coefficient (Wildman–Crippen LogP) is 5.35. The van der Waals surface area contributed by atoms with Gasteiger partial charge < -0.3 is 19.1 Å². The van der Waals surface area contributed by atoms with Crippen molar-refractivity contribution in [2.45, 2.75) is 19.8 Å². The smallest absolute Gasteiger partial charge is 0.268 e. The number of ether oxygens (including phenoxy) is 3. The summed E-state index contributed by atoms with van der Waals surface area (Å²) in [6, 6.07) is 23.1. The predicted molar refractivity (Wildman–Crippen MR) is 136 cm³/mol. The molecule has 0 unspecified atom stereocenters. The number of hydrogen-bond acceptors (Lipinski definition) is 5. The van der Waals surface area contributed by atoms with Gasteiger partial charge in [-0.05, 0) is 60.9 Å². The minimum Gasteiger partial charge on any atom is -0.493 e. The zero-order valence-electron chi connectivity index (χ0n) is 20.0. The van der Waals surface area contributed by atoms with Crippen LogP contribution in [0, 0.1) is 18.3 Å². The van der Waals surface area contributed by atoms with Crippen LogP contribution in [0.15, 0.2) is 72.3 Å². The van der Waals surface area contributed by atoms with Gasteiger partial charge in [-0.1, -0.05) is 42.0 Å². The zero-order valence-corrected chi connectivity index (χ0v) is 20.0. The van der Waals surface area contributed by atoms with Crippen LogP contribution in [0.1, 0.15) is 23.1 Å². The highest BCUT2D eigenvalue weighted by atomic mass is 16.5. The van der Waals surface area contributed by atoms with Gasteiger partial charge in [-0.15, -0.1) is 0 Å². The summed E-state index contributed by atoms with van der Waals surface area (Å²) in [7, 11) is 1.56. The van der Waals surface area contributed by atoms with Crippen LogP contribution in [0.4, 0.5) is 5.69 Å². The second kappa shape index (κ2) is 11.3. The third-order valence-electron chi connectivity index (χ3n) is 5.82. The fraction of sp³-hybridized carbons (Fsp3) is 0.241. The molecule has 6 heteroatoms. The average molecular weight is 469 g/mol. The number of amides is 1. The fourth-order valence-corrected chi connectivity index (χ4v) is 3.96. The minimum absolute atomic E-state index is 0.0747. The van der Waals surface area contributed by atoms with E-state index in [1.165, 1.54) is 5.56 Å². The van der Waals surface area contributed by atoms with Crippen LogP contribution in [0.2, 0.25) is 0 Å². The standard InChI is InChI=1S/C29H28N2O4/c1-21-8-11-25(12-9-21)34-16-5-17-35-27-13-10-22(19-28(27)33-2)18-24(20-30)29(32)31-15-14-23-6-3-4-7-26(23)31/h3-4,6-13,18-19H,5,14-17H2,1-2H3. The molecule has 0 aromatic heterocycles. The summed E-state index contributed by atoms with van der Waals surface area (Å²) >= 11 is 0. The average Bonchev–Trinajstić information content (AvgIpc) is 3.32. The van der Waals surface area contributed by atoms with E-state index < -0.39 is 0 Å². The Kier molecular flexibility index (Phi) is 7.69. The van der Waals surface area contributed by atoms with Crippen molar-refractivity contribution in [3.63, 3.8) is 0 Å². The first-order valence-electron chi connectivity index (χ1n) is 11.6. The molecule has 0 aliphatic carbocycles. The Balaban J connectivity index is 1.37. The van der Waals surface area contributed by atoms with Gasteiger partial charge >= 0.3 is 0 Å². The van der Waals surface area contributed by atoms with Gasteiger partial charge in [0.1, 0.15) is 17.4 Å². The number of aryl methyl sites for hydroxylation is 1. The van der Waals surface area contributed by atoms with Crippen LogP contribution in [-0.4, -0.2) is 32.8 Å². The van der Waals surface area contributed by atoms with Gasteiger partial charge in [0.2, 0.25) is 0 Å². The molecule has 3 aromatic carbocycles. The molecular formula is C29H28N2O4. The number of para-hydroxylation sites is 1. The molecular weight excluding hydrogens is 440 g/mol. The van der Waals surface area contributed by atoms with E-state index in [1.807, 2.05) is 61.5 Å². The van der Waals surface area contributed by atoms with Crippen molar-refractivity contribution in [1.82, 2.24) is 0 Å². The molecule has 0 saturated carbocycles. The lowest BCUT2D eigenvalue weighted by Crippen LogP contribution is -2.29. The van der Waals surface area contributed by atoms with Crippen molar-refractivity contribution >= 4 is 17.7 Å². The first-order valence-corrected chi connectivity index (χ1v) is 11.6. The Hall–Kier alpha value is -4.24. The van der Waals surface area contributed by atoms with Crippen LogP contribution >= 0.6 is 0 Å². The maximum absolute atomic E-state index is 13.1. The molecule has 0 fully saturated rings. The van der Waals surface area contributed by atoms with Crippen molar-refractivity contribution in [1.29, 1.82) is 5.26 Å². The molecule has 1 aliphatic heterocycles. The van der Waals surface area contributed by atoms with Crippen molar-refractivity contribution < 1.29 is 19.0 Å². The molecule has 0 radical (unpaired) electrons. The molecule has 1 amide bonds. The summed E-state index contributed by atoms with van der Waals surface area (Å²) in [6.07, 6.45) is 3.09. The Bertz CT molecular complexity index is 1260. The van der Waals surface area contributed by atoms with Crippen molar-refractivity contribution in [2.75, 3.05) is 31.8 Å². The second-order valence-electron chi connectivity index (χ2n) is 8.28. The second-order valence-corrected chi connectivity index (χ2v) is 8.28. The van der Waals surface area contributed by atoms with Gasteiger partial charge in [-0.2, -0.15) is 5.26 Å². The Morgan fingerprint density at radius 3 is 2.57 bits per heavy atom. The maximum atomic E-state index is 13.1. The number of anilines is 1. The van der Waals surface area contributed by atoms with Gasteiger partial charge in [-0.25, -0.2) is 0 Å². The summed E-state index contributed by atoms with van der Waals surface area (Å²) in [5, 5.41) is 9.68. The molecule has 4 rings (SSSR count). The topological polar surface area (TPSA) is 71.8 Å². The van der Waals surface area contributed by atoms with E-state index in [9.17, 15) is 10.1 Å². The molecule has 35 heavy (non-hydrogen) atoms. The third-order valence-corrected chi connectivity index (χ3v) is 5.82. The highest BCUT2D eigenvalue weighted by molar-refractivity contribution is 6.12. The van der Waals surface area contributed by atoms with E-state index in [0.29, 0.717) is 43.2 Å². The number of fused-ring (bicyclic) bond motifs is 1. The molecule has 3 aromatic rings. The van der Waals surface area contributed by atoms with Gasteiger partial charge in [0, 0.05) is 18.7 Å². The molecule has 178 valence electrons. The first-order chi connectivity index (χ1) is 17.1. The van der Waals surface area contributed by atoms with Gasteiger partial charge in [0.25, 0.3) is 5.91 Å². The number of carbonyl (C=O) groups is 1. The lowest BCUT2D eigenvalue weighted by molar-refractivity contribution is -0.114. The van der Waals surface area contributed by atoms with Gasteiger partial charge in [0.05, 0.1) is 20.3 Å². The molecule has 0 N–H and O–H groups in total. The van der Waals surface area contributed by atoms with Crippen LogP contribution in [-0.2, 0) is 11.2 Å². The quantitative estimate of drug-likeness (QED) is 0.241. The summed E-state index contributed by atoms with van der Waals surface area (Å²) in [6.45, 7) is 3.62. The third kappa shape index (κ3) is 5.82. The molecule has 1 aliphatic rings. The van der Waals surface area contributed by atoms with E-state index in [1.54, 1.807) is 30.2 Å². The number of nitrogens with zero attached hydrogens (tertiary/aromatic N) is 2. The van der Waals surface area contributed by atoms with Crippen LogP contribution in [0.5, 0.6) is 17.2 Å². The number of methoxy groups -OCH3 is 1. The first kappa shape index (κ1) is 23.9. The Labute approximate surface area is 206 Å². The van der Waals surface area contributed by atoms with E-state index in [2.05, 4.69) is 6.07 Å². The van der Waals surface area contributed by atoms with Gasteiger partial charge in [-0.3, -0.25) is 4.79 Å². The zero-order chi connectivity index (χ0) is 24.6. The van der Waals surface area contributed by atoms with Crippen molar-refractivity contribution in [3.8, 4) is 23.3 Å². The van der Waals surface area contributed by atoms with Gasteiger partial charge in [0.15, 0.2) is 11.5 Å². The Morgan fingerprint density at radius 1 is 1.03 bits per heavy atom. The highest BCUT2D eigenvalue weighted by Crippen LogP contribution is 2.31. The maximum Gasteiger partial charge on any atom is 0.268 e. The Morgan fingerprint density at radius 2 is 1.80 bits per heavy atom. The van der Waals surface area contributed by atoms with E-state index >= 15 is 0 Å². The summed E-state index contributed by atoms with van der Waals surface area (Å²) < 4.78 is 17.1. The number of nitriles is 1. The summed E-state index contributed by atoms with van der Waals surface area (Å²) in [5.74, 6) is 1.67. The number of benzene rings is 3. The van der Waals surface area contributed by atoms with E-state index in [4.69, 9.17) is 14.2 Å². The summed E-state index contributed by atoms with van der Waals surface area (Å²) in [4.78, 5) is 14.7. The van der Waals surface area contributed by atoms with Crippen molar-refractivity contribution in [3.05, 3.63) is 89.0 Å². The summed E-state index contributed by atoms with van der Waals surface area (Å²) in [5.41, 5.74) is 3.94. The lowest BCUT2D eigenvalue weighted by atomic mass is 10.1. The van der Waals surface area contributed by atoms with Crippen LogP contribution in [0.3, 0.4) is 0 Å². The lowest BCUT2D eigenvalue weighted by Gasteiger charge is -2.16. The largest absolute Gasteiger partial charge is 0.493 e. The van der Waals surface area contributed by atoms with Crippen LogP contribution < -0.4 is 19.1 Å². The fourth-order valence-electron chi connectivity index (χ4n) is 3.96. The molecule has 1 heterocycles. The monoisotopic (exact) mass is 468 g/mol. The minimum atomic E-state index is -0.301. The van der Waals surface area contributed by atoms with E-state index in [-0.39, 0.29) is 11.5 Å². The van der Waals surface area contributed by atoms with Crippen molar-refractivity contribution in [2.24, 2.45) is 0 Å². The normalized spacial score (nSPS) is 12.6. The molecule has 6 nitrogen and oxygen atoms in total. The SMILES string of the molecule is COc1cc(C=C(C#N)C(=O)N2CCc3ccccc32)ccc1OCCCOc1ccc(C)cc1. The molecule has 0 atom stereocenters.